The molecule has 6 nitrogen and oxygen atoms in total. The maximum absolute atomic E-state index is 6.16. The van der Waals surface area contributed by atoms with Crippen molar-refractivity contribution in [3.8, 4) is 22.8 Å². The second-order valence-corrected chi connectivity index (χ2v) is 7.51. The Morgan fingerprint density at radius 1 is 1.03 bits per heavy atom. The van der Waals surface area contributed by atoms with Gasteiger partial charge in [-0.05, 0) is 49.1 Å². The fraction of sp³-hybridized carbons (Fsp3) is 0.250. The molecule has 2 atom stereocenters. The van der Waals surface area contributed by atoms with Crippen molar-refractivity contribution in [2.75, 3.05) is 13.7 Å². The van der Waals surface area contributed by atoms with Crippen molar-refractivity contribution in [3.05, 3.63) is 73.1 Å². The molecule has 1 aliphatic rings. The maximum Gasteiger partial charge on any atom is 0.222 e. The number of methoxy groups -OCH3 is 1. The monoisotopic (exact) mass is 398 g/mol. The van der Waals surface area contributed by atoms with E-state index in [4.69, 9.17) is 14.5 Å². The quantitative estimate of drug-likeness (QED) is 0.451. The lowest BCUT2D eigenvalue weighted by Crippen LogP contribution is -2.03. The smallest absolute Gasteiger partial charge is 0.222 e. The number of aromatic nitrogens is 4. The summed E-state index contributed by atoms with van der Waals surface area (Å²) in [5.74, 6) is 2.52. The second-order valence-electron chi connectivity index (χ2n) is 7.51. The number of rotatable bonds is 7. The van der Waals surface area contributed by atoms with Gasteiger partial charge in [-0.3, -0.25) is 15.0 Å². The fourth-order valence-corrected chi connectivity index (χ4v) is 3.81. The zero-order chi connectivity index (χ0) is 20.3. The van der Waals surface area contributed by atoms with Crippen LogP contribution in [0.5, 0.6) is 11.6 Å². The van der Waals surface area contributed by atoms with E-state index in [2.05, 4.69) is 27.1 Å². The predicted molar refractivity (Wildman–Crippen MR) is 115 cm³/mol. The molecule has 4 aromatic rings. The highest BCUT2D eigenvalue weighted by Crippen LogP contribution is 2.49. The van der Waals surface area contributed by atoms with Gasteiger partial charge in [0.15, 0.2) is 0 Å². The molecular formula is C24H22N4O2. The summed E-state index contributed by atoms with van der Waals surface area (Å²) in [6.07, 6.45) is 11.0. The van der Waals surface area contributed by atoms with Crippen molar-refractivity contribution in [2.45, 2.75) is 18.8 Å². The molecule has 0 aromatic carbocycles. The first-order chi connectivity index (χ1) is 14.8. The minimum absolute atomic E-state index is 0.506. The lowest BCUT2D eigenvalue weighted by molar-refractivity contribution is 0.292. The van der Waals surface area contributed by atoms with Crippen LogP contribution in [-0.4, -0.2) is 33.7 Å². The van der Waals surface area contributed by atoms with Crippen LogP contribution in [0.1, 0.15) is 24.5 Å². The highest BCUT2D eigenvalue weighted by atomic mass is 16.5. The van der Waals surface area contributed by atoms with Gasteiger partial charge in [0.2, 0.25) is 5.88 Å². The van der Waals surface area contributed by atoms with Crippen LogP contribution in [0.3, 0.4) is 0 Å². The van der Waals surface area contributed by atoms with Crippen LogP contribution in [-0.2, 0) is 0 Å². The first-order valence-electron chi connectivity index (χ1n) is 10.1. The largest absolute Gasteiger partial charge is 0.495 e. The van der Waals surface area contributed by atoms with Gasteiger partial charge in [0.25, 0.3) is 0 Å². The summed E-state index contributed by atoms with van der Waals surface area (Å²) in [6, 6.07) is 12.0. The van der Waals surface area contributed by atoms with Gasteiger partial charge in [-0.1, -0.05) is 6.07 Å². The van der Waals surface area contributed by atoms with Crippen LogP contribution in [0, 0.1) is 5.92 Å². The van der Waals surface area contributed by atoms with E-state index in [1.165, 1.54) is 0 Å². The van der Waals surface area contributed by atoms with E-state index in [0.717, 1.165) is 46.3 Å². The van der Waals surface area contributed by atoms with E-state index in [-0.39, 0.29) is 0 Å². The summed E-state index contributed by atoms with van der Waals surface area (Å²) in [6.45, 7) is 0.614. The first-order valence-corrected chi connectivity index (χ1v) is 10.1. The molecule has 6 heteroatoms. The molecule has 0 unspecified atom stereocenters. The number of ether oxygens (including phenoxy) is 2. The number of pyridine rings is 4. The lowest BCUT2D eigenvalue weighted by atomic mass is 10.1. The molecule has 0 amide bonds. The van der Waals surface area contributed by atoms with Crippen LogP contribution in [0.2, 0.25) is 0 Å². The second kappa shape index (κ2) is 8.06. The van der Waals surface area contributed by atoms with E-state index in [1.54, 1.807) is 31.9 Å². The Hall–Kier alpha value is -3.54. The molecule has 0 spiro atoms. The standard InChI is InChI=1S/C24H22N4O2/c1-29-19-4-5-22(27-14-19)20-11-16(20)7-10-30-24-21(18-3-2-8-25-13-18)12-17-6-9-26-15-23(17)28-24/h2-6,8-9,12-16,20H,7,10-11H2,1H3/t16-,20-/m0/s1. The fourth-order valence-electron chi connectivity index (χ4n) is 3.81. The summed E-state index contributed by atoms with van der Waals surface area (Å²) in [7, 11) is 1.66. The highest BCUT2D eigenvalue weighted by Gasteiger charge is 2.39. The Morgan fingerprint density at radius 2 is 1.97 bits per heavy atom. The molecule has 1 aliphatic carbocycles. The van der Waals surface area contributed by atoms with Crippen molar-refractivity contribution in [1.82, 2.24) is 19.9 Å². The molecule has 30 heavy (non-hydrogen) atoms. The van der Waals surface area contributed by atoms with Gasteiger partial charge < -0.3 is 9.47 Å². The molecule has 1 fully saturated rings. The maximum atomic E-state index is 6.16. The Morgan fingerprint density at radius 3 is 2.77 bits per heavy atom. The topological polar surface area (TPSA) is 70.0 Å². The lowest BCUT2D eigenvalue weighted by Gasteiger charge is -2.12. The highest BCUT2D eigenvalue weighted by molar-refractivity contribution is 5.85. The Kier molecular flexibility index (Phi) is 4.97. The third-order valence-electron chi connectivity index (χ3n) is 5.58. The summed E-state index contributed by atoms with van der Waals surface area (Å²) < 4.78 is 11.4. The summed E-state index contributed by atoms with van der Waals surface area (Å²) in [4.78, 5) is 17.7. The average Bonchev–Trinajstić information content (AvgIpc) is 3.59. The van der Waals surface area contributed by atoms with Crippen LogP contribution in [0.25, 0.3) is 22.0 Å². The minimum Gasteiger partial charge on any atom is -0.495 e. The molecule has 0 N–H and O–H groups in total. The van der Waals surface area contributed by atoms with E-state index >= 15 is 0 Å². The van der Waals surface area contributed by atoms with Crippen LogP contribution >= 0.6 is 0 Å². The predicted octanol–water partition coefficient (Wildman–Crippen LogP) is 4.67. The molecule has 0 bridgehead atoms. The Bertz CT molecular complexity index is 1150. The van der Waals surface area contributed by atoms with Crippen molar-refractivity contribution in [2.24, 2.45) is 5.92 Å². The SMILES string of the molecule is COc1ccc([C@H]2C[C@@H]2CCOc2nc3cnccc3cc2-c2cccnc2)nc1. The normalized spacial score (nSPS) is 17.6. The first kappa shape index (κ1) is 18.5. The van der Waals surface area contributed by atoms with Gasteiger partial charge in [0.1, 0.15) is 5.75 Å². The van der Waals surface area contributed by atoms with Crippen LogP contribution < -0.4 is 9.47 Å². The van der Waals surface area contributed by atoms with Gasteiger partial charge in [-0.25, -0.2) is 4.98 Å². The van der Waals surface area contributed by atoms with E-state index in [9.17, 15) is 0 Å². The molecule has 1 saturated carbocycles. The third kappa shape index (κ3) is 3.81. The molecule has 0 saturated heterocycles. The molecular weight excluding hydrogens is 376 g/mol. The Balaban J connectivity index is 1.29. The molecule has 0 radical (unpaired) electrons. The minimum atomic E-state index is 0.506. The van der Waals surface area contributed by atoms with Crippen molar-refractivity contribution in [3.63, 3.8) is 0 Å². The number of nitrogens with zero attached hydrogens (tertiary/aromatic N) is 4. The molecule has 4 heterocycles. The van der Waals surface area contributed by atoms with E-state index < -0.39 is 0 Å². The van der Waals surface area contributed by atoms with Gasteiger partial charge in [-0.2, -0.15) is 0 Å². The number of hydrogen-bond donors (Lipinski definition) is 0. The van der Waals surface area contributed by atoms with Gasteiger partial charge in [0, 0.05) is 46.7 Å². The van der Waals surface area contributed by atoms with E-state index in [0.29, 0.717) is 24.3 Å². The summed E-state index contributed by atoms with van der Waals surface area (Å²) >= 11 is 0. The number of fused-ring (bicyclic) bond motifs is 1. The van der Waals surface area contributed by atoms with Crippen LogP contribution in [0.4, 0.5) is 0 Å². The molecule has 0 aliphatic heterocycles. The molecule has 4 aromatic heterocycles. The van der Waals surface area contributed by atoms with Crippen LogP contribution in [0.15, 0.2) is 67.4 Å². The van der Waals surface area contributed by atoms with Gasteiger partial charge in [0.05, 0.1) is 31.6 Å². The zero-order valence-corrected chi connectivity index (χ0v) is 16.7. The summed E-state index contributed by atoms with van der Waals surface area (Å²) in [5.41, 5.74) is 3.90. The van der Waals surface area contributed by atoms with E-state index in [1.807, 2.05) is 30.5 Å². The zero-order valence-electron chi connectivity index (χ0n) is 16.7. The Labute approximate surface area is 175 Å². The molecule has 5 rings (SSSR count). The van der Waals surface area contributed by atoms with Crippen molar-refractivity contribution < 1.29 is 9.47 Å². The van der Waals surface area contributed by atoms with Crippen molar-refractivity contribution in [1.29, 1.82) is 0 Å². The third-order valence-corrected chi connectivity index (χ3v) is 5.58. The summed E-state index contributed by atoms with van der Waals surface area (Å²) in [5, 5.41) is 1.03. The average molecular weight is 398 g/mol. The molecule has 150 valence electrons. The van der Waals surface area contributed by atoms with Crippen molar-refractivity contribution >= 4 is 10.9 Å². The van der Waals surface area contributed by atoms with Gasteiger partial charge >= 0.3 is 0 Å². The van der Waals surface area contributed by atoms with Gasteiger partial charge in [-0.15, -0.1) is 0 Å². The number of hydrogen-bond acceptors (Lipinski definition) is 6.